The van der Waals surface area contributed by atoms with Gasteiger partial charge in [-0.25, -0.2) is 4.98 Å². The first-order valence-electron chi connectivity index (χ1n) is 6.87. The smallest absolute Gasteiger partial charge is 0.129 e. The highest BCUT2D eigenvalue weighted by Gasteiger charge is 2.18. The quantitative estimate of drug-likeness (QED) is 0.857. The van der Waals surface area contributed by atoms with Crippen LogP contribution < -0.4 is 10.6 Å². The van der Waals surface area contributed by atoms with Crippen molar-refractivity contribution in [2.75, 3.05) is 31.7 Å². The number of aromatic nitrogens is 1. The van der Waals surface area contributed by atoms with Gasteiger partial charge >= 0.3 is 0 Å². The Morgan fingerprint density at radius 1 is 1.32 bits per heavy atom. The maximum Gasteiger partial charge on any atom is 0.129 e. The standard InChI is InChI=1S/C15H27N3O/c1-6-18(7-8-19-5)14-10-12(11-16)9-13(17-14)15(2,3)4/h9-10H,6-8,11,16H2,1-5H3. The topological polar surface area (TPSA) is 51.4 Å². The van der Waals surface area contributed by atoms with Crippen molar-refractivity contribution >= 4 is 5.82 Å². The van der Waals surface area contributed by atoms with E-state index in [-0.39, 0.29) is 5.41 Å². The van der Waals surface area contributed by atoms with Gasteiger partial charge in [-0.1, -0.05) is 20.8 Å². The van der Waals surface area contributed by atoms with Crippen LogP contribution in [0.2, 0.25) is 0 Å². The zero-order chi connectivity index (χ0) is 14.5. The molecule has 0 aliphatic rings. The minimum absolute atomic E-state index is 0.0284. The molecule has 108 valence electrons. The van der Waals surface area contributed by atoms with Crippen LogP contribution in [0.5, 0.6) is 0 Å². The van der Waals surface area contributed by atoms with E-state index in [4.69, 9.17) is 15.5 Å². The number of nitrogens with two attached hydrogens (primary N) is 1. The number of hydrogen-bond donors (Lipinski definition) is 1. The number of methoxy groups -OCH3 is 1. The summed E-state index contributed by atoms with van der Waals surface area (Å²) in [5.74, 6) is 0.993. The average molecular weight is 265 g/mol. The first-order valence-corrected chi connectivity index (χ1v) is 6.87. The maximum absolute atomic E-state index is 5.80. The van der Waals surface area contributed by atoms with Crippen LogP contribution in [0.4, 0.5) is 5.82 Å². The van der Waals surface area contributed by atoms with Gasteiger partial charge in [0.1, 0.15) is 5.82 Å². The molecule has 0 aromatic carbocycles. The maximum atomic E-state index is 5.80. The summed E-state index contributed by atoms with van der Waals surface area (Å²) in [4.78, 5) is 7.01. The van der Waals surface area contributed by atoms with Crippen molar-refractivity contribution in [2.24, 2.45) is 5.73 Å². The Balaban J connectivity index is 3.11. The molecule has 1 rings (SSSR count). The molecule has 0 radical (unpaired) electrons. The van der Waals surface area contributed by atoms with Gasteiger partial charge in [-0.05, 0) is 24.6 Å². The molecule has 4 nitrogen and oxygen atoms in total. The molecule has 1 heterocycles. The summed E-state index contributed by atoms with van der Waals surface area (Å²) in [7, 11) is 1.72. The fourth-order valence-corrected chi connectivity index (χ4v) is 1.87. The lowest BCUT2D eigenvalue weighted by Crippen LogP contribution is -2.29. The van der Waals surface area contributed by atoms with E-state index >= 15 is 0 Å². The van der Waals surface area contributed by atoms with Crippen molar-refractivity contribution in [2.45, 2.75) is 39.7 Å². The molecule has 4 heteroatoms. The third-order valence-electron chi connectivity index (χ3n) is 3.15. The minimum Gasteiger partial charge on any atom is -0.383 e. The van der Waals surface area contributed by atoms with E-state index in [0.29, 0.717) is 13.2 Å². The largest absolute Gasteiger partial charge is 0.383 e. The van der Waals surface area contributed by atoms with E-state index in [1.807, 2.05) is 0 Å². The lowest BCUT2D eigenvalue weighted by Gasteiger charge is -2.26. The fraction of sp³-hybridized carbons (Fsp3) is 0.667. The van der Waals surface area contributed by atoms with Gasteiger partial charge in [0.15, 0.2) is 0 Å². The Labute approximate surface area is 117 Å². The van der Waals surface area contributed by atoms with Crippen LogP contribution in [0.3, 0.4) is 0 Å². The van der Waals surface area contributed by atoms with Crippen molar-refractivity contribution in [1.82, 2.24) is 4.98 Å². The zero-order valence-corrected chi connectivity index (χ0v) is 12.9. The zero-order valence-electron chi connectivity index (χ0n) is 12.9. The summed E-state index contributed by atoms with van der Waals surface area (Å²) in [6, 6.07) is 4.18. The second-order valence-corrected chi connectivity index (χ2v) is 5.75. The molecular weight excluding hydrogens is 238 g/mol. The highest BCUT2D eigenvalue weighted by molar-refractivity contribution is 5.43. The number of nitrogens with zero attached hydrogens (tertiary/aromatic N) is 2. The monoisotopic (exact) mass is 265 g/mol. The van der Waals surface area contributed by atoms with E-state index in [2.05, 4.69) is 44.7 Å². The molecule has 0 spiro atoms. The van der Waals surface area contributed by atoms with Crippen molar-refractivity contribution in [3.05, 3.63) is 23.4 Å². The molecule has 19 heavy (non-hydrogen) atoms. The molecule has 1 aromatic heterocycles. The number of likely N-dealkylation sites (N-methyl/N-ethyl adjacent to an activating group) is 1. The first kappa shape index (κ1) is 15.9. The second kappa shape index (κ2) is 6.87. The normalized spacial score (nSPS) is 11.7. The Bertz CT molecular complexity index is 399. The Morgan fingerprint density at radius 3 is 2.47 bits per heavy atom. The summed E-state index contributed by atoms with van der Waals surface area (Å²) >= 11 is 0. The fourth-order valence-electron chi connectivity index (χ4n) is 1.87. The van der Waals surface area contributed by atoms with Gasteiger partial charge in [-0.15, -0.1) is 0 Å². The van der Waals surface area contributed by atoms with Crippen LogP contribution in [0.25, 0.3) is 0 Å². The summed E-state index contributed by atoms with van der Waals surface area (Å²) in [6.07, 6.45) is 0. The van der Waals surface area contributed by atoms with E-state index < -0.39 is 0 Å². The number of hydrogen-bond acceptors (Lipinski definition) is 4. The molecule has 0 aliphatic carbocycles. The van der Waals surface area contributed by atoms with E-state index in [1.54, 1.807) is 7.11 Å². The summed E-state index contributed by atoms with van der Waals surface area (Å²) in [6.45, 7) is 11.6. The molecule has 0 atom stereocenters. The summed E-state index contributed by atoms with van der Waals surface area (Å²) in [5.41, 5.74) is 8.04. The summed E-state index contributed by atoms with van der Waals surface area (Å²) < 4.78 is 5.16. The van der Waals surface area contributed by atoms with Crippen LogP contribution in [-0.2, 0) is 16.7 Å². The molecular formula is C15H27N3O. The number of ether oxygens (including phenoxy) is 1. The number of anilines is 1. The molecule has 0 saturated heterocycles. The predicted molar refractivity (Wildman–Crippen MR) is 80.6 cm³/mol. The molecule has 2 N–H and O–H groups in total. The second-order valence-electron chi connectivity index (χ2n) is 5.75. The lowest BCUT2D eigenvalue weighted by molar-refractivity contribution is 0.205. The Morgan fingerprint density at radius 2 is 2.00 bits per heavy atom. The van der Waals surface area contributed by atoms with Crippen LogP contribution >= 0.6 is 0 Å². The molecule has 0 bridgehead atoms. The van der Waals surface area contributed by atoms with Crippen molar-refractivity contribution in [1.29, 1.82) is 0 Å². The van der Waals surface area contributed by atoms with Crippen LogP contribution in [0.15, 0.2) is 12.1 Å². The SMILES string of the molecule is CCN(CCOC)c1cc(CN)cc(C(C)(C)C)n1. The highest BCUT2D eigenvalue weighted by atomic mass is 16.5. The van der Waals surface area contributed by atoms with Crippen LogP contribution in [0.1, 0.15) is 39.0 Å². The number of rotatable bonds is 6. The van der Waals surface area contributed by atoms with Gasteiger partial charge in [-0.3, -0.25) is 0 Å². The van der Waals surface area contributed by atoms with Gasteiger partial charge < -0.3 is 15.4 Å². The Kier molecular flexibility index (Phi) is 5.76. The first-order chi connectivity index (χ1) is 8.92. The lowest BCUT2D eigenvalue weighted by atomic mass is 9.90. The van der Waals surface area contributed by atoms with Gasteiger partial charge in [0.25, 0.3) is 0 Å². The highest BCUT2D eigenvalue weighted by Crippen LogP contribution is 2.24. The molecule has 0 aliphatic heterocycles. The van der Waals surface area contributed by atoms with Gasteiger partial charge in [0.2, 0.25) is 0 Å². The molecule has 0 amide bonds. The van der Waals surface area contributed by atoms with E-state index in [1.165, 1.54) is 0 Å². The summed E-state index contributed by atoms with van der Waals surface area (Å²) in [5, 5.41) is 0. The number of pyridine rings is 1. The van der Waals surface area contributed by atoms with Crippen molar-refractivity contribution < 1.29 is 4.74 Å². The molecule has 0 unspecified atom stereocenters. The van der Waals surface area contributed by atoms with Crippen LogP contribution in [-0.4, -0.2) is 31.8 Å². The predicted octanol–water partition coefficient (Wildman–Crippen LogP) is 2.31. The third-order valence-corrected chi connectivity index (χ3v) is 3.15. The van der Waals surface area contributed by atoms with E-state index in [0.717, 1.165) is 30.2 Å². The van der Waals surface area contributed by atoms with Gasteiger partial charge in [0, 0.05) is 37.9 Å². The van der Waals surface area contributed by atoms with Gasteiger partial charge in [-0.2, -0.15) is 0 Å². The van der Waals surface area contributed by atoms with Crippen molar-refractivity contribution in [3.8, 4) is 0 Å². The molecule has 0 fully saturated rings. The van der Waals surface area contributed by atoms with Gasteiger partial charge in [0.05, 0.1) is 6.61 Å². The van der Waals surface area contributed by atoms with Crippen molar-refractivity contribution in [3.63, 3.8) is 0 Å². The van der Waals surface area contributed by atoms with Crippen LogP contribution in [0, 0.1) is 0 Å². The average Bonchev–Trinajstić information content (AvgIpc) is 2.38. The third kappa shape index (κ3) is 4.48. The Hall–Kier alpha value is -1.13. The minimum atomic E-state index is 0.0284. The van der Waals surface area contributed by atoms with E-state index in [9.17, 15) is 0 Å². The molecule has 1 aromatic rings. The molecule has 0 saturated carbocycles.